The first-order valence-electron chi connectivity index (χ1n) is 6.29. The Morgan fingerprint density at radius 3 is 2.72 bits per heavy atom. The van der Waals surface area contributed by atoms with Gasteiger partial charge in [-0.3, -0.25) is 4.79 Å². The molecule has 0 fully saturated rings. The second-order valence-electron chi connectivity index (χ2n) is 5.39. The van der Waals surface area contributed by atoms with Crippen molar-refractivity contribution in [2.45, 2.75) is 45.1 Å². The van der Waals surface area contributed by atoms with Gasteiger partial charge in [0.25, 0.3) is 0 Å². The van der Waals surface area contributed by atoms with Crippen molar-refractivity contribution in [2.24, 2.45) is 5.73 Å². The molecule has 98 valence electrons. The molecule has 1 aliphatic heterocycles. The van der Waals surface area contributed by atoms with Gasteiger partial charge in [0.1, 0.15) is 0 Å². The summed E-state index contributed by atoms with van der Waals surface area (Å²) in [5, 5.41) is 3.58. The maximum Gasteiger partial charge on any atom is 0.234 e. The van der Waals surface area contributed by atoms with Crippen LogP contribution in [0, 0.1) is 0 Å². The van der Waals surface area contributed by atoms with Gasteiger partial charge >= 0.3 is 0 Å². The van der Waals surface area contributed by atoms with Gasteiger partial charge in [-0.1, -0.05) is 24.9 Å². The average Bonchev–Trinajstić information content (AvgIpc) is 2.51. The van der Waals surface area contributed by atoms with Crippen molar-refractivity contribution in [2.75, 3.05) is 5.32 Å². The third kappa shape index (κ3) is 2.02. The van der Waals surface area contributed by atoms with E-state index in [2.05, 4.69) is 12.2 Å². The molecule has 1 aromatic rings. The quantitative estimate of drug-likeness (QED) is 0.881. The summed E-state index contributed by atoms with van der Waals surface area (Å²) in [6.07, 6.45) is 1.88. The number of fused-ring (bicyclic) bond motifs is 1. The Balaban J connectivity index is 2.56. The van der Waals surface area contributed by atoms with Gasteiger partial charge < -0.3 is 11.1 Å². The minimum absolute atomic E-state index is 0.00437. The molecule has 1 unspecified atom stereocenters. The van der Waals surface area contributed by atoms with Crippen LogP contribution in [0.2, 0.25) is 5.02 Å². The molecule has 1 atom stereocenters. The second kappa shape index (κ2) is 4.56. The van der Waals surface area contributed by atoms with Gasteiger partial charge in [-0.25, -0.2) is 0 Å². The van der Waals surface area contributed by atoms with Crippen LogP contribution in [0.15, 0.2) is 12.1 Å². The molecule has 0 radical (unpaired) electrons. The number of halogens is 1. The van der Waals surface area contributed by atoms with E-state index in [0.29, 0.717) is 5.02 Å². The van der Waals surface area contributed by atoms with Crippen LogP contribution in [0.25, 0.3) is 0 Å². The van der Waals surface area contributed by atoms with Gasteiger partial charge in [-0.05, 0) is 43.5 Å². The molecule has 0 aliphatic carbocycles. The monoisotopic (exact) mass is 266 g/mol. The van der Waals surface area contributed by atoms with Crippen LogP contribution in [-0.4, -0.2) is 5.91 Å². The molecule has 1 amide bonds. The fourth-order valence-electron chi connectivity index (χ4n) is 2.41. The highest BCUT2D eigenvalue weighted by molar-refractivity contribution is 6.31. The van der Waals surface area contributed by atoms with Crippen molar-refractivity contribution in [3.63, 3.8) is 0 Å². The molecule has 0 spiro atoms. The zero-order valence-corrected chi connectivity index (χ0v) is 11.8. The fraction of sp³-hybridized carbons (Fsp3) is 0.500. The van der Waals surface area contributed by atoms with Crippen molar-refractivity contribution in [3.05, 3.63) is 28.3 Å². The molecule has 0 aromatic heterocycles. The van der Waals surface area contributed by atoms with Crippen molar-refractivity contribution < 1.29 is 4.79 Å². The molecule has 1 aliphatic rings. The highest BCUT2D eigenvalue weighted by Gasteiger charge is 2.40. The van der Waals surface area contributed by atoms with Gasteiger partial charge in [0.05, 0.1) is 5.41 Å². The first-order valence-corrected chi connectivity index (χ1v) is 6.66. The minimum atomic E-state index is -0.541. The normalized spacial score (nSPS) is 18.4. The number of benzene rings is 1. The van der Waals surface area contributed by atoms with E-state index < -0.39 is 5.41 Å². The molecule has 3 N–H and O–H groups in total. The SMILES string of the molecule is CCCC(N)c1cc(Cl)cc2c1NC(=O)C2(C)C. The van der Waals surface area contributed by atoms with Crippen LogP contribution < -0.4 is 11.1 Å². The van der Waals surface area contributed by atoms with Crippen LogP contribution in [0.5, 0.6) is 0 Å². The number of nitrogens with one attached hydrogen (secondary N) is 1. The first kappa shape index (κ1) is 13.4. The van der Waals surface area contributed by atoms with E-state index in [1.807, 2.05) is 26.0 Å². The van der Waals surface area contributed by atoms with E-state index in [1.165, 1.54) is 0 Å². The Morgan fingerprint density at radius 1 is 1.44 bits per heavy atom. The summed E-state index contributed by atoms with van der Waals surface area (Å²) in [5.74, 6) is 0.00437. The van der Waals surface area contributed by atoms with Gasteiger partial charge in [0.15, 0.2) is 0 Å². The minimum Gasteiger partial charge on any atom is -0.325 e. The number of rotatable bonds is 3. The first-order chi connectivity index (χ1) is 8.37. The fourth-order valence-corrected chi connectivity index (χ4v) is 2.64. The Kier molecular flexibility index (Phi) is 3.39. The maximum absolute atomic E-state index is 12.0. The van der Waals surface area contributed by atoms with Crippen LogP contribution >= 0.6 is 11.6 Å². The Bertz CT molecular complexity index is 497. The third-order valence-electron chi connectivity index (χ3n) is 3.61. The summed E-state index contributed by atoms with van der Waals surface area (Å²) in [5.41, 5.74) is 8.38. The number of nitrogens with two attached hydrogens (primary N) is 1. The van der Waals surface area contributed by atoms with E-state index in [1.54, 1.807) is 0 Å². The molecule has 2 rings (SSSR count). The number of hydrogen-bond donors (Lipinski definition) is 2. The molecule has 1 heterocycles. The van der Waals surface area contributed by atoms with Gasteiger partial charge in [-0.2, -0.15) is 0 Å². The maximum atomic E-state index is 12.0. The van der Waals surface area contributed by atoms with E-state index in [4.69, 9.17) is 17.3 Å². The highest BCUT2D eigenvalue weighted by Crippen LogP contribution is 2.43. The summed E-state index contributed by atoms with van der Waals surface area (Å²) in [6.45, 7) is 5.90. The summed E-state index contributed by atoms with van der Waals surface area (Å²) in [4.78, 5) is 12.0. The number of hydrogen-bond acceptors (Lipinski definition) is 2. The van der Waals surface area contributed by atoms with Crippen LogP contribution in [0.1, 0.15) is 50.8 Å². The number of carbonyl (C=O) groups excluding carboxylic acids is 1. The summed E-state index contributed by atoms with van der Waals surface area (Å²) in [6, 6.07) is 3.64. The smallest absolute Gasteiger partial charge is 0.234 e. The number of carbonyl (C=O) groups is 1. The lowest BCUT2D eigenvalue weighted by Gasteiger charge is -2.18. The lowest BCUT2D eigenvalue weighted by Crippen LogP contribution is -2.26. The Hall–Kier alpha value is -1.06. The van der Waals surface area contributed by atoms with Crippen LogP contribution in [0.4, 0.5) is 5.69 Å². The summed E-state index contributed by atoms with van der Waals surface area (Å²) < 4.78 is 0. The van der Waals surface area contributed by atoms with Crippen LogP contribution in [-0.2, 0) is 10.2 Å². The zero-order valence-electron chi connectivity index (χ0n) is 11.0. The predicted octanol–water partition coefficient (Wildman–Crippen LogP) is 3.37. The van der Waals surface area contributed by atoms with Crippen LogP contribution in [0.3, 0.4) is 0 Å². The average molecular weight is 267 g/mol. The summed E-state index contributed by atoms with van der Waals surface area (Å²) in [7, 11) is 0. The van der Waals surface area contributed by atoms with E-state index >= 15 is 0 Å². The lowest BCUT2D eigenvalue weighted by atomic mass is 9.84. The number of amides is 1. The molecule has 1 aromatic carbocycles. The van der Waals surface area contributed by atoms with Gasteiger partial charge in [0, 0.05) is 16.8 Å². The topological polar surface area (TPSA) is 55.1 Å². The Morgan fingerprint density at radius 2 is 2.11 bits per heavy atom. The molecule has 0 bridgehead atoms. The van der Waals surface area contributed by atoms with E-state index in [9.17, 15) is 4.79 Å². The summed E-state index contributed by atoms with van der Waals surface area (Å²) >= 11 is 6.15. The largest absolute Gasteiger partial charge is 0.325 e. The van der Waals surface area contributed by atoms with E-state index in [-0.39, 0.29) is 11.9 Å². The standard InChI is InChI=1S/C14H19ClN2O/c1-4-5-11(16)9-6-8(15)7-10-12(9)17-13(18)14(10,2)3/h6-7,11H,4-5,16H2,1-3H3,(H,17,18). The number of anilines is 1. The molecule has 0 saturated carbocycles. The van der Waals surface area contributed by atoms with Crippen molar-refractivity contribution >= 4 is 23.2 Å². The van der Waals surface area contributed by atoms with Gasteiger partial charge in [-0.15, -0.1) is 0 Å². The van der Waals surface area contributed by atoms with Crippen molar-refractivity contribution in [1.82, 2.24) is 0 Å². The Labute approximate surface area is 113 Å². The predicted molar refractivity (Wildman–Crippen MR) is 74.9 cm³/mol. The van der Waals surface area contributed by atoms with E-state index in [0.717, 1.165) is 29.7 Å². The highest BCUT2D eigenvalue weighted by atomic mass is 35.5. The molecule has 4 heteroatoms. The molecule has 3 nitrogen and oxygen atoms in total. The molecule has 0 saturated heterocycles. The zero-order chi connectivity index (χ0) is 13.5. The lowest BCUT2D eigenvalue weighted by molar-refractivity contribution is -0.119. The second-order valence-corrected chi connectivity index (χ2v) is 5.83. The molecular formula is C14H19ClN2O. The molecule has 18 heavy (non-hydrogen) atoms. The van der Waals surface area contributed by atoms with Gasteiger partial charge in [0.2, 0.25) is 5.91 Å². The van der Waals surface area contributed by atoms with Crippen molar-refractivity contribution in [3.8, 4) is 0 Å². The third-order valence-corrected chi connectivity index (χ3v) is 3.83. The van der Waals surface area contributed by atoms with Crippen molar-refractivity contribution in [1.29, 1.82) is 0 Å². The molecular weight excluding hydrogens is 248 g/mol.